The Kier molecular flexibility index (Phi) is 6.41. The van der Waals surface area contributed by atoms with Crippen LogP contribution in [-0.2, 0) is 4.79 Å². The van der Waals surface area contributed by atoms with Crippen LogP contribution in [0.3, 0.4) is 0 Å². The molecule has 1 saturated heterocycles. The molecule has 28 heavy (non-hydrogen) atoms. The van der Waals surface area contributed by atoms with E-state index < -0.39 is 0 Å². The number of hydrogen-bond donors (Lipinski definition) is 0. The summed E-state index contributed by atoms with van der Waals surface area (Å²) in [5.74, 6) is 1.30. The number of likely N-dealkylation sites (N-methyl/N-ethyl adjacent to an activating group) is 1. The van der Waals surface area contributed by atoms with Crippen molar-refractivity contribution in [3.8, 4) is 11.5 Å². The van der Waals surface area contributed by atoms with Crippen molar-refractivity contribution in [2.24, 2.45) is 4.99 Å². The molecule has 0 spiro atoms. The predicted molar refractivity (Wildman–Crippen MR) is 115 cm³/mol. The Bertz CT molecular complexity index is 937. The number of ether oxygens (including phenoxy) is 2. The molecule has 0 radical (unpaired) electrons. The summed E-state index contributed by atoms with van der Waals surface area (Å²) in [5.41, 5.74) is 2.83. The third-order valence-electron chi connectivity index (χ3n) is 4.32. The number of methoxy groups -OCH3 is 1. The predicted octanol–water partition coefficient (Wildman–Crippen LogP) is 5.03. The first-order valence-corrected chi connectivity index (χ1v) is 10.1. The topological polar surface area (TPSA) is 51.1 Å². The maximum absolute atomic E-state index is 12.9. The molecule has 0 atom stereocenters. The second-order valence-electron chi connectivity index (χ2n) is 6.18. The summed E-state index contributed by atoms with van der Waals surface area (Å²) in [6, 6.07) is 13.6. The molecule has 0 N–H and O–H groups in total. The fourth-order valence-corrected chi connectivity index (χ4v) is 3.92. The fraction of sp³-hybridized carbons (Fsp3) is 0.273. The lowest BCUT2D eigenvalue weighted by molar-refractivity contribution is -0.122. The molecule has 3 rings (SSSR count). The Morgan fingerprint density at radius 3 is 2.61 bits per heavy atom. The molecule has 1 amide bonds. The van der Waals surface area contributed by atoms with Crippen molar-refractivity contribution in [3.05, 3.63) is 58.5 Å². The summed E-state index contributed by atoms with van der Waals surface area (Å²) >= 11 is 1.39. The number of aliphatic imine (C=N–C) groups is 1. The zero-order valence-electron chi connectivity index (χ0n) is 16.6. The van der Waals surface area contributed by atoms with E-state index in [-0.39, 0.29) is 5.91 Å². The van der Waals surface area contributed by atoms with Gasteiger partial charge in [-0.3, -0.25) is 9.69 Å². The van der Waals surface area contributed by atoms with Gasteiger partial charge in [0.05, 0.1) is 24.3 Å². The Hall–Kier alpha value is -2.73. The van der Waals surface area contributed by atoms with Crippen molar-refractivity contribution >= 4 is 34.6 Å². The molecule has 2 aromatic rings. The minimum atomic E-state index is -0.0346. The van der Waals surface area contributed by atoms with Crippen LogP contribution in [0.5, 0.6) is 11.5 Å². The minimum Gasteiger partial charge on any atom is -0.493 e. The number of carbonyl (C=O) groups is 1. The van der Waals surface area contributed by atoms with Gasteiger partial charge in [0.1, 0.15) is 0 Å². The lowest BCUT2D eigenvalue weighted by atomic mass is 10.2. The first-order valence-electron chi connectivity index (χ1n) is 9.24. The Labute approximate surface area is 170 Å². The summed E-state index contributed by atoms with van der Waals surface area (Å²) in [5, 5.41) is 0.700. The highest BCUT2D eigenvalue weighted by Gasteiger charge is 2.32. The Morgan fingerprint density at radius 1 is 1.14 bits per heavy atom. The van der Waals surface area contributed by atoms with E-state index in [2.05, 4.69) is 0 Å². The van der Waals surface area contributed by atoms with E-state index in [4.69, 9.17) is 14.5 Å². The molecule has 5 nitrogen and oxygen atoms in total. The van der Waals surface area contributed by atoms with Crippen LogP contribution >= 0.6 is 11.8 Å². The lowest BCUT2D eigenvalue weighted by Gasteiger charge is -2.12. The van der Waals surface area contributed by atoms with Gasteiger partial charge in [-0.1, -0.05) is 24.3 Å². The summed E-state index contributed by atoms with van der Waals surface area (Å²) in [7, 11) is 1.61. The Balaban J connectivity index is 1.93. The van der Waals surface area contributed by atoms with E-state index in [1.165, 1.54) is 11.8 Å². The van der Waals surface area contributed by atoms with Crippen LogP contribution in [0.1, 0.15) is 25.0 Å². The van der Waals surface area contributed by atoms with Gasteiger partial charge in [-0.05, 0) is 67.9 Å². The van der Waals surface area contributed by atoms with Crippen LogP contribution in [0, 0.1) is 6.92 Å². The van der Waals surface area contributed by atoms with Gasteiger partial charge in [-0.15, -0.1) is 0 Å². The van der Waals surface area contributed by atoms with Crippen molar-refractivity contribution in [1.82, 2.24) is 4.90 Å². The maximum atomic E-state index is 12.9. The molecule has 1 aliphatic rings. The van der Waals surface area contributed by atoms with Gasteiger partial charge in [0.15, 0.2) is 16.7 Å². The van der Waals surface area contributed by atoms with Crippen LogP contribution in [0.25, 0.3) is 6.08 Å². The number of hydrogen-bond acceptors (Lipinski definition) is 5. The van der Waals surface area contributed by atoms with Crippen LogP contribution in [0.15, 0.2) is 52.4 Å². The maximum Gasteiger partial charge on any atom is 0.266 e. The van der Waals surface area contributed by atoms with Crippen LogP contribution in [0.4, 0.5) is 5.69 Å². The molecule has 0 aliphatic carbocycles. The molecule has 2 aromatic carbocycles. The number of aryl methyl sites for hydroxylation is 1. The van der Waals surface area contributed by atoms with E-state index in [1.807, 2.05) is 69.3 Å². The highest BCUT2D eigenvalue weighted by atomic mass is 32.2. The van der Waals surface area contributed by atoms with E-state index >= 15 is 0 Å². The number of nitrogens with zero attached hydrogens (tertiary/aromatic N) is 2. The lowest BCUT2D eigenvalue weighted by Crippen LogP contribution is -2.28. The van der Waals surface area contributed by atoms with E-state index in [0.717, 1.165) is 16.8 Å². The minimum absolute atomic E-state index is 0.0346. The molecule has 1 fully saturated rings. The van der Waals surface area contributed by atoms with Gasteiger partial charge in [0.2, 0.25) is 0 Å². The molecular formula is C22H24N2O3S. The van der Waals surface area contributed by atoms with Crippen LogP contribution in [0.2, 0.25) is 0 Å². The largest absolute Gasteiger partial charge is 0.493 e. The average molecular weight is 397 g/mol. The smallest absolute Gasteiger partial charge is 0.266 e. The van der Waals surface area contributed by atoms with Gasteiger partial charge in [-0.25, -0.2) is 4.99 Å². The van der Waals surface area contributed by atoms with Crippen molar-refractivity contribution < 1.29 is 14.3 Å². The third kappa shape index (κ3) is 4.22. The van der Waals surface area contributed by atoms with Crippen LogP contribution in [-0.4, -0.2) is 36.2 Å². The summed E-state index contributed by atoms with van der Waals surface area (Å²) in [6.45, 7) is 7.03. The van der Waals surface area contributed by atoms with Crippen molar-refractivity contribution in [2.75, 3.05) is 20.3 Å². The summed E-state index contributed by atoms with van der Waals surface area (Å²) < 4.78 is 11.0. The number of amides is 1. The van der Waals surface area contributed by atoms with Gasteiger partial charge in [0, 0.05) is 6.54 Å². The quantitative estimate of drug-likeness (QED) is 0.643. The molecule has 0 aromatic heterocycles. The van der Waals surface area contributed by atoms with Gasteiger partial charge in [-0.2, -0.15) is 0 Å². The molecule has 0 saturated carbocycles. The van der Waals surface area contributed by atoms with Gasteiger partial charge < -0.3 is 9.47 Å². The van der Waals surface area contributed by atoms with Crippen LogP contribution < -0.4 is 9.47 Å². The number of benzene rings is 2. The highest BCUT2D eigenvalue weighted by Crippen LogP contribution is 2.36. The molecular weight excluding hydrogens is 372 g/mol. The molecule has 0 bridgehead atoms. The zero-order chi connectivity index (χ0) is 20.1. The third-order valence-corrected chi connectivity index (χ3v) is 5.33. The normalized spacial score (nSPS) is 16.9. The second-order valence-corrected chi connectivity index (χ2v) is 7.19. The molecule has 1 aliphatic heterocycles. The highest BCUT2D eigenvalue weighted by molar-refractivity contribution is 8.18. The SMILES string of the molecule is CCOc1ccc(/C=C2/SC(=Nc3ccccc3C)N(CC)C2=O)cc1OC. The molecule has 1 heterocycles. The number of carbonyl (C=O) groups excluding carboxylic acids is 1. The number of rotatable bonds is 6. The standard InChI is InChI=1S/C22H24N2O3S/c1-5-24-21(25)20(28-22(24)23-17-10-8-7-9-15(17)3)14-16-11-12-18(27-6-2)19(13-16)26-4/h7-14H,5-6H2,1-4H3/b20-14+,23-22?. The van der Waals surface area contributed by atoms with Crippen molar-refractivity contribution in [1.29, 1.82) is 0 Å². The molecule has 0 unspecified atom stereocenters. The average Bonchev–Trinajstić information content (AvgIpc) is 2.99. The number of para-hydroxylation sites is 1. The van der Waals surface area contributed by atoms with Crippen molar-refractivity contribution in [3.63, 3.8) is 0 Å². The van der Waals surface area contributed by atoms with Gasteiger partial charge >= 0.3 is 0 Å². The Morgan fingerprint density at radius 2 is 1.93 bits per heavy atom. The van der Waals surface area contributed by atoms with Crippen molar-refractivity contribution in [2.45, 2.75) is 20.8 Å². The monoisotopic (exact) mass is 396 g/mol. The summed E-state index contributed by atoms with van der Waals surface area (Å²) in [4.78, 5) is 19.9. The number of amidine groups is 1. The first kappa shape index (κ1) is 20.0. The van der Waals surface area contributed by atoms with E-state index in [9.17, 15) is 4.79 Å². The van der Waals surface area contributed by atoms with E-state index in [1.54, 1.807) is 12.0 Å². The number of thioether (sulfide) groups is 1. The van der Waals surface area contributed by atoms with Gasteiger partial charge in [0.25, 0.3) is 5.91 Å². The molecule has 146 valence electrons. The second kappa shape index (κ2) is 8.97. The van der Waals surface area contributed by atoms with E-state index in [0.29, 0.717) is 34.7 Å². The molecule has 6 heteroatoms. The zero-order valence-corrected chi connectivity index (χ0v) is 17.4. The first-order chi connectivity index (χ1) is 13.6. The summed E-state index contributed by atoms with van der Waals surface area (Å²) in [6.07, 6.45) is 1.87. The fourth-order valence-electron chi connectivity index (χ4n) is 2.86.